The van der Waals surface area contributed by atoms with E-state index in [2.05, 4.69) is 21.2 Å². The monoisotopic (exact) mass is 426 g/mol. The van der Waals surface area contributed by atoms with Crippen LogP contribution in [0.5, 0.6) is 5.75 Å². The lowest BCUT2D eigenvalue weighted by Crippen LogP contribution is -2.12. The molecule has 27 heavy (non-hydrogen) atoms. The number of carbonyl (C=O) groups excluding carboxylic acids is 1. The van der Waals surface area contributed by atoms with Crippen LogP contribution in [0.2, 0.25) is 0 Å². The number of ether oxygens (including phenoxy) is 1. The fourth-order valence-electron chi connectivity index (χ4n) is 2.35. The number of halogens is 1. The Morgan fingerprint density at radius 2 is 1.74 bits per heavy atom. The molecule has 0 saturated heterocycles. The summed E-state index contributed by atoms with van der Waals surface area (Å²) in [6, 6.07) is 20.3. The van der Waals surface area contributed by atoms with Crippen LogP contribution in [0.4, 0.5) is 11.4 Å². The minimum Gasteiger partial charge on any atom is -0.489 e. The minimum absolute atomic E-state index is 0.0757. The Morgan fingerprint density at radius 1 is 1.04 bits per heavy atom. The molecule has 3 aromatic carbocycles. The highest BCUT2D eigenvalue weighted by Gasteiger charge is 2.10. The molecule has 0 aliphatic carbocycles. The summed E-state index contributed by atoms with van der Waals surface area (Å²) in [7, 11) is 0. The number of nitro groups is 1. The van der Waals surface area contributed by atoms with Crippen LogP contribution in [0.1, 0.15) is 15.9 Å². The van der Waals surface area contributed by atoms with Crippen molar-refractivity contribution in [2.24, 2.45) is 0 Å². The van der Waals surface area contributed by atoms with Crippen molar-refractivity contribution in [3.05, 3.63) is 98.5 Å². The highest BCUT2D eigenvalue weighted by Crippen LogP contribution is 2.19. The summed E-state index contributed by atoms with van der Waals surface area (Å²) in [6.07, 6.45) is 0. The third-order valence-electron chi connectivity index (χ3n) is 3.75. The average molecular weight is 427 g/mol. The third-order valence-corrected chi connectivity index (χ3v) is 4.28. The Morgan fingerprint density at radius 3 is 2.41 bits per heavy atom. The molecule has 3 rings (SSSR count). The molecule has 1 amide bonds. The number of anilines is 1. The van der Waals surface area contributed by atoms with Crippen molar-refractivity contribution in [3.8, 4) is 5.75 Å². The van der Waals surface area contributed by atoms with Gasteiger partial charge in [-0.05, 0) is 48.0 Å². The number of nitrogens with one attached hydrogen (secondary N) is 1. The number of hydrogen-bond donors (Lipinski definition) is 1. The van der Waals surface area contributed by atoms with Gasteiger partial charge in [-0.1, -0.05) is 34.1 Å². The van der Waals surface area contributed by atoms with Gasteiger partial charge in [0.1, 0.15) is 12.4 Å². The van der Waals surface area contributed by atoms with Gasteiger partial charge >= 0.3 is 0 Å². The van der Waals surface area contributed by atoms with Gasteiger partial charge in [-0.15, -0.1) is 0 Å². The molecule has 0 aromatic heterocycles. The molecule has 0 radical (unpaired) electrons. The van der Waals surface area contributed by atoms with Gasteiger partial charge in [0.25, 0.3) is 11.6 Å². The summed E-state index contributed by atoms with van der Waals surface area (Å²) in [4.78, 5) is 22.6. The Bertz CT molecular complexity index is 956. The SMILES string of the molecule is O=C(Nc1cccc([N+](=O)[O-])c1)c1ccc(COc2ccc(Br)cc2)cc1. The molecule has 6 nitrogen and oxygen atoms in total. The van der Waals surface area contributed by atoms with Gasteiger partial charge in [0, 0.05) is 27.9 Å². The minimum atomic E-state index is -0.504. The maximum absolute atomic E-state index is 12.3. The van der Waals surface area contributed by atoms with E-state index in [1.54, 1.807) is 30.3 Å². The number of nitrogens with zero attached hydrogens (tertiary/aromatic N) is 1. The predicted octanol–water partition coefficient (Wildman–Crippen LogP) is 5.19. The Balaban J connectivity index is 1.60. The Hall–Kier alpha value is -3.19. The molecule has 0 heterocycles. The number of rotatable bonds is 6. The van der Waals surface area contributed by atoms with E-state index in [1.165, 1.54) is 18.2 Å². The van der Waals surface area contributed by atoms with E-state index in [9.17, 15) is 14.9 Å². The van der Waals surface area contributed by atoms with Crippen LogP contribution in [-0.4, -0.2) is 10.8 Å². The van der Waals surface area contributed by atoms with Crippen LogP contribution in [0.25, 0.3) is 0 Å². The van der Waals surface area contributed by atoms with Crippen molar-refractivity contribution in [2.45, 2.75) is 6.61 Å². The van der Waals surface area contributed by atoms with Gasteiger partial charge in [-0.25, -0.2) is 0 Å². The first kappa shape index (κ1) is 18.6. The lowest BCUT2D eigenvalue weighted by molar-refractivity contribution is -0.384. The first-order chi connectivity index (χ1) is 13.0. The quantitative estimate of drug-likeness (QED) is 0.434. The van der Waals surface area contributed by atoms with E-state index < -0.39 is 4.92 Å². The predicted molar refractivity (Wildman–Crippen MR) is 106 cm³/mol. The lowest BCUT2D eigenvalue weighted by atomic mass is 10.1. The molecule has 0 unspecified atom stereocenters. The van der Waals surface area contributed by atoms with Crippen molar-refractivity contribution in [3.63, 3.8) is 0 Å². The summed E-state index contributed by atoms with van der Waals surface area (Å²) >= 11 is 3.37. The molecular weight excluding hydrogens is 412 g/mol. The Labute approximate surface area is 164 Å². The van der Waals surface area contributed by atoms with Crippen LogP contribution < -0.4 is 10.1 Å². The van der Waals surface area contributed by atoms with Crippen LogP contribution in [-0.2, 0) is 6.61 Å². The zero-order chi connectivity index (χ0) is 19.2. The molecule has 0 spiro atoms. The Kier molecular flexibility index (Phi) is 5.83. The zero-order valence-electron chi connectivity index (χ0n) is 14.1. The number of carbonyl (C=O) groups is 1. The molecule has 0 atom stereocenters. The normalized spacial score (nSPS) is 10.3. The van der Waals surface area contributed by atoms with Crippen molar-refractivity contribution < 1.29 is 14.5 Å². The molecule has 0 aliphatic heterocycles. The summed E-state index contributed by atoms with van der Waals surface area (Å²) in [5, 5.41) is 13.5. The fourth-order valence-corrected chi connectivity index (χ4v) is 2.61. The molecule has 7 heteroatoms. The van der Waals surface area contributed by atoms with Gasteiger partial charge < -0.3 is 10.1 Å². The topological polar surface area (TPSA) is 81.5 Å². The average Bonchev–Trinajstić information content (AvgIpc) is 2.68. The second-order valence-corrected chi connectivity index (χ2v) is 6.62. The fraction of sp³-hybridized carbons (Fsp3) is 0.0500. The van der Waals surface area contributed by atoms with E-state index in [1.807, 2.05) is 24.3 Å². The number of nitro benzene ring substituents is 1. The summed E-state index contributed by atoms with van der Waals surface area (Å²) in [6.45, 7) is 0.383. The number of amides is 1. The van der Waals surface area contributed by atoms with Crippen molar-refractivity contribution in [1.29, 1.82) is 0 Å². The van der Waals surface area contributed by atoms with Crippen molar-refractivity contribution in [2.75, 3.05) is 5.32 Å². The number of benzene rings is 3. The van der Waals surface area contributed by atoms with E-state index in [0.717, 1.165) is 15.8 Å². The molecule has 136 valence electrons. The van der Waals surface area contributed by atoms with E-state index in [0.29, 0.717) is 17.9 Å². The van der Waals surface area contributed by atoms with Crippen molar-refractivity contribution in [1.82, 2.24) is 0 Å². The molecule has 0 saturated carbocycles. The highest BCUT2D eigenvalue weighted by molar-refractivity contribution is 9.10. The molecule has 0 fully saturated rings. The zero-order valence-corrected chi connectivity index (χ0v) is 15.7. The third kappa shape index (κ3) is 5.15. The van der Waals surface area contributed by atoms with Crippen LogP contribution >= 0.6 is 15.9 Å². The smallest absolute Gasteiger partial charge is 0.271 e. The lowest BCUT2D eigenvalue weighted by Gasteiger charge is -2.08. The highest BCUT2D eigenvalue weighted by atomic mass is 79.9. The number of non-ortho nitro benzene ring substituents is 1. The maximum Gasteiger partial charge on any atom is 0.271 e. The summed E-state index contributed by atoms with van der Waals surface area (Å²) in [5.74, 6) is 0.418. The standard InChI is InChI=1S/C20H15BrN2O4/c21-16-8-10-19(11-9-16)27-13-14-4-6-15(7-5-14)20(24)22-17-2-1-3-18(12-17)23(25)26/h1-12H,13H2,(H,22,24). The molecular formula is C20H15BrN2O4. The second-order valence-electron chi connectivity index (χ2n) is 5.70. The van der Waals surface area contributed by atoms with Gasteiger partial charge in [0.2, 0.25) is 0 Å². The maximum atomic E-state index is 12.3. The van der Waals surface area contributed by atoms with Crippen LogP contribution in [0.15, 0.2) is 77.3 Å². The van der Waals surface area contributed by atoms with E-state index >= 15 is 0 Å². The van der Waals surface area contributed by atoms with Crippen molar-refractivity contribution >= 4 is 33.2 Å². The molecule has 0 bridgehead atoms. The summed E-state index contributed by atoms with van der Waals surface area (Å²) < 4.78 is 6.67. The first-order valence-corrected chi connectivity index (χ1v) is 8.84. The molecule has 0 aliphatic rings. The molecule has 1 N–H and O–H groups in total. The van der Waals surface area contributed by atoms with E-state index in [4.69, 9.17) is 4.74 Å². The van der Waals surface area contributed by atoms with Gasteiger partial charge in [-0.3, -0.25) is 14.9 Å². The van der Waals surface area contributed by atoms with E-state index in [-0.39, 0.29) is 11.6 Å². The van der Waals surface area contributed by atoms with Gasteiger partial charge in [-0.2, -0.15) is 0 Å². The number of hydrogen-bond acceptors (Lipinski definition) is 4. The van der Waals surface area contributed by atoms with Gasteiger partial charge in [0.15, 0.2) is 0 Å². The first-order valence-electron chi connectivity index (χ1n) is 8.04. The largest absolute Gasteiger partial charge is 0.489 e. The van der Waals surface area contributed by atoms with Crippen LogP contribution in [0, 0.1) is 10.1 Å². The van der Waals surface area contributed by atoms with Gasteiger partial charge in [0.05, 0.1) is 4.92 Å². The second kappa shape index (κ2) is 8.46. The van der Waals surface area contributed by atoms with Crippen LogP contribution in [0.3, 0.4) is 0 Å². The molecule has 3 aromatic rings. The summed E-state index contributed by atoms with van der Waals surface area (Å²) in [5.41, 5.74) is 1.67.